The lowest BCUT2D eigenvalue weighted by Gasteiger charge is -2.09. The van der Waals surface area contributed by atoms with Gasteiger partial charge in [0, 0.05) is 24.4 Å². The lowest BCUT2D eigenvalue weighted by Crippen LogP contribution is -2.25. The van der Waals surface area contributed by atoms with Crippen LogP contribution < -0.4 is 10.1 Å². The van der Waals surface area contributed by atoms with Crippen molar-refractivity contribution < 1.29 is 9.53 Å². The Bertz CT molecular complexity index is 874. The van der Waals surface area contributed by atoms with E-state index in [9.17, 15) is 4.79 Å². The first-order valence-corrected chi connectivity index (χ1v) is 9.59. The van der Waals surface area contributed by atoms with Crippen LogP contribution in [0.3, 0.4) is 0 Å². The Labute approximate surface area is 164 Å². The van der Waals surface area contributed by atoms with Crippen molar-refractivity contribution in [2.75, 3.05) is 13.2 Å². The second kappa shape index (κ2) is 9.42. The Morgan fingerprint density at radius 1 is 1.22 bits per heavy atom. The highest BCUT2D eigenvalue weighted by molar-refractivity contribution is 6.30. The average Bonchev–Trinajstić information content (AvgIpc) is 3.06. The smallest absolute Gasteiger partial charge is 0.220 e. The van der Waals surface area contributed by atoms with Gasteiger partial charge in [-0.15, -0.1) is 0 Å². The number of imidazole rings is 1. The molecule has 0 aliphatic rings. The Kier molecular flexibility index (Phi) is 6.71. The lowest BCUT2D eigenvalue weighted by atomic mass is 10.2. The van der Waals surface area contributed by atoms with Crippen LogP contribution in [0.15, 0.2) is 42.5 Å². The topological polar surface area (TPSA) is 67.0 Å². The highest BCUT2D eigenvalue weighted by Crippen LogP contribution is 2.21. The molecule has 0 saturated carbocycles. The summed E-state index contributed by atoms with van der Waals surface area (Å²) in [7, 11) is 0. The minimum atomic E-state index is 0.0519. The van der Waals surface area contributed by atoms with E-state index < -0.39 is 0 Å². The van der Waals surface area contributed by atoms with Crippen molar-refractivity contribution in [2.24, 2.45) is 0 Å². The van der Waals surface area contributed by atoms with Crippen LogP contribution in [0, 0.1) is 6.92 Å². The van der Waals surface area contributed by atoms with Gasteiger partial charge in [0.1, 0.15) is 11.6 Å². The minimum Gasteiger partial charge on any atom is -0.493 e. The molecule has 1 heterocycles. The largest absolute Gasteiger partial charge is 0.493 e. The SMILES string of the molecule is Cc1cc(Cl)ccc1OCCCC(=O)NCCCc1nc2ccccc2[nH]1. The van der Waals surface area contributed by atoms with E-state index in [-0.39, 0.29) is 5.91 Å². The number of ether oxygens (including phenoxy) is 1. The first-order valence-electron chi connectivity index (χ1n) is 9.21. The highest BCUT2D eigenvalue weighted by atomic mass is 35.5. The number of benzene rings is 2. The van der Waals surface area contributed by atoms with Crippen molar-refractivity contribution in [1.82, 2.24) is 15.3 Å². The van der Waals surface area contributed by atoms with Crippen molar-refractivity contribution in [1.29, 1.82) is 0 Å². The highest BCUT2D eigenvalue weighted by Gasteiger charge is 2.05. The Morgan fingerprint density at radius 3 is 2.89 bits per heavy atom. The molecule has 0 saturated heterocycles. The summed E-state index contributed by atoms with van der Waals surface area (Å²) in [5, 5.41) is 3.65. The maximum atomic E-state index is 11.9. The predicted octanol–water partition coefficient (Wildman–Crippen LogP) is 4.43. The van der Waals surface area contributed by atoms with E-state index >= 15 is 0 Å². The van der Waals surface area contributed by atoms with Gasteiger partial charge in [-0.3, -0.25) is 4.79 Å². The van der Waals surface area contributed by atoms with E-state index in [4.69, 9.17) is 16.3 Å². The molecule has 1 amide bonds. The molecule has 142 valence electrons. The third kappa shape index (κ3) is 5.73. The number of amides is 1. The first-order chi connectivity index (χ1) is 13.1. The van der Waals surface area contributed by atoms with Gasteiger partial charge in [0.25, 0.3) is 0 Å². The maximum absolute atomic E-state index is 11.9. The summed E-state index contributed by atoms with van der Waals surface area (Å²) in [6, 6.07) is 13.5. The third-order valence-electron chi connectivity index (χ3n) is 4.29. The van der Waals surface area contributed by atoms with Crippen LogP contribution in [-0.4, -0.2) is 29.0 Å². The van der Waals surface area contributed by atoms with Gasteiger partial charge in [0.2, 0.25) is 5.91 Å². The molecule has 3 rings (SSSR count). The second-order valence-electron chi connectivity index (χ2n) is 6.52. The molecule has 0 fully saturated rings. The standard InChI is InChI=1S/C21H24ClN3O2/c1-15-14-16(22)10-11-19(15)27-13-5-9-21(26)23-12-4-8-20-24-17-6-2-3-7-18(17)25-20/h2-3,6-7,10-11,14H,4-5,8-9,12-13H2,1H3,(H,23,26)(H,24,25). The van der Waals surface area contributed by atoms with Gasteiger partial charge in [0.05, 0.1) is 17.6 Å². The van der Waals surface area contributed by atoms with Crippen molar-refractivity contribution in [3.63, 3.8) is 0 Å². The minimum absolute atomic E-state index is 0.0519. The zero-order valence-corrected chi connectivity index (χ0v) is 16.2. The summed E-state index contributed by atoms with van der Waals surface area (Å²) >= 11 is 5.93. The maximum Gasteiger partial charge on any atom is 0.220 e. The Balaban J connectivity index is 1.29. The van der Waals surface area contributed by atoms with E-state index in [0.717, 1.165) is 41.0 Å². The molecule has 2 N–H and O–H groups in total. The van der Waals surface area contributed by atoms with Crippen LogP contribution in [-0.2, 0) is 11.2 Å². The fraction of sp³-hybridized carbons (Fsp3) is 0.333. The average molecular weight is 386 g/mol. The molecular weight excluding hydrogens is 362 g/mol. The van der Waals surface area contributed by atoms with Crippen molar-refractivity contribution in [3.05, 3.63) is 58.9 Å². The number of carbonyl (C=O) groups excluding carboxylic acids is 1. The first kappa shape index (κ1) is 19.2. The van der Waals surface area contributed by atoms with Gasteiger partial charge in [-0.2, -0.15) is 0 Å². The summed E-state index contributed by atoms with van der Waals surface area (Å²) in [5.41, 5.74) is 3.03. The molecule has 0 radical (unpaired) electrons. The normalized spacial score (nSPS) is 10.9. The number of hydrogen-bond acceptors (Lipinski definition) is 3. The number of aryl methyl sites for hydroxylation is 2. The fourth-order valence-electron chi connectivity index (χ4n) is 2.89. The molecule has 0 spiro atoms. The molecule has 0 atom stereocenters. The zero-order valence-electron chi connectivity index (χ0n) is 15.4. The number of H-pyrrole nitrogens is 1. The zero-order chi connectivity index (χ0) is 19.1. The predicted molar refractivity (Wildman–Crippen MR) is 108 cm³/mol. The van der Waals surface area contributed by atoms with Crippen LogP contribution in [0.5, 0.6) is 5.75 Å². The van der Waals surface area contributed by atoms with E-state index in [1.165, 1.54) is 0 Å². The van der Waals surface area contributed by atoms with Crippen LogP contribution >= 0.6 is 11.6 Å². The molecule has 27 heavy (non-hydrogen) atoms. The summed E-state index contributed by atoms with van der Waals surface area (Å²) in [5.74, 6) is 1.82. The van der Waals surface area contributed by atoms with Gasteiger partial charge in [-0.1, -0.05) is 23.7 Å². The van der Waals surface area contributed by atoms with E-state index in [1.807, 2.05) is 43.3 Å². The summed E-state index contributed by atoms with van der Waals surface area (Å²) in [6.07, 6.45) is 2.80. The number of halogens is 1. The Hall–Kier alpha value is -2.53. The molecule has 5 nitrogen and oxygen atoms in total. The summed E-state index contributed by atoms with van der Waals surface area (Å²) in [4.78, 5) is 19.7. The summed E-state index contributed by atoms with van der Waals surface area (Å²) in [6.45, 7) is 3.11. The van der Waals surface area contributed by atoms with Gasteiger partial charge in [-0.05, 0) is 55.7 Å². The Morgan fingerprint density at radius 2 is 2.07 bits per heavy atom. The molecule has 6 heteroatoms. The second-order valence-corrected chi connectivity index (χ2v) is 6.95. The van der Waals surface area contributed by atoms with Crippen molar-refractivity contribution >= 4 is 28.5 Å². The number of hydrogen-bond donors (Lipinski definition) is 2. The van der Waals surface area contributed by atoms with E-state index in [2.05, 4.69) is 15.3 Å². The lowest BCUT2D eigenvalue weighted by molar-refractivity contribution is -0.121. The van der Waals surface area contributed by atoms with Gasteiger partial charge >= 0.3 is 0 Å². The molecule has 2 aromatic carbocycles. The monoisotopic (exact) mass is 385 g/mol. The number of nitrogens with zero attached hydrogens (tertiary/aromatic N) is 1. The van der Waals surface area contributed by atoms with E-state index in [0.29, 0.717) is 31.0 Å². The van der Waals surface area contributed by atoms with Gasteiger partial charge in [-0.25, -0.2) is 4.98 Å². The number of nitrogens with one attached hydrogen (secondary N) is 2. The molecule has 0 aliphatic heterocycles. The fourth-order valence-corrected chi connectivity index (χ4v) is 3.11. The quantitative estimate of drug-likeness (QED) is 0.535. The van der Waals surface area contributed by atoms with Crippen molar-refractivity contribution in [2.45, 2.75) is 32.6 Å². The number of aromatic amines is 1. The molecule has 0 bridgehead atoms. The van der Waals surface area contributed by atoms with Crippen LogP contribution in [0.25, 0.3) is 11.0 Å². The molecular formula is C21H24ClN3O2. The molecule has 0 aliphatic carbocycles. The summed E-state index contributed by atoms with van der Waals surface area (Å²) < 4.78 is 5.70. The van der Waals surface area contributed by atoms with Crippen LogP contribution in [0.4, 0.5) is 0 Å². The van der Waals surface area contributed by atoms with Crippen LogP contribution in [0.2, 0.25) is 5.02 Å². The number of aromatic nitrogens is 2. The number of para-hydroxylation sites is 2. The van der Waals surface area contributed by atoms with Gasteiger partial charge < -0.3 is 15.0 Å². The van der Waals surface area contributed by atoms with Crippen LogP contribution in [0.1, 0.15) is 30.7 Å². The van der Waals surface area contributed by atoms with Crippen molar-refractivity contribution in [3.8, 4) is 5.75 Å². The molecule has 0 unspecified atom stereocenters. The number of rotatable bonds is 9. The molecule has 1 aromatic heterocycles. The molecule has 3 aromatic rings. The number of fused-ring (bicyclic) bond motifs is 1. The van der Waals surface area contributed by atoms with E-state index in [1.54, 1.807) is 6.07 Å². The van der Waals surface area contributed by atoms with Gasteiger partial charge in [0.15, 0.2) is 0 Å². The number of carbonyl (C=O) groups is 1. The third-order valence-corrected chi connectivity index (χ3v) is 4.53.